The second-order valence-electron chi connectivity index (χ2n) is 3.57. The van der Waals surface area contributed by atoms with Crippen molar-refractivity contribution in [3.05, 3.63) is 23.7 Å². The molecule has 84 valence electrons. The highest BCUT2D eigenvalue weighted by molar-refractivity contribution is 9.10. The molecule has 0 radical (unpaired) electrons. The van der Waals surface area contributed by atoms with Gasteiger partial charge in [0.25, 0.3) is 0 Å². The molecule has 0 bridgehead atoms. The first-order valence-corrected chi connectivity index (χ1v) is 5.89. The van der Waals surface area contributed by atoms with Crippen LogP contribution in [0.1, 0.15) is 24.7 Å². The van der Waals surface area contributed by atoms with Gasteiger partial charge in [-0.2, -0.15) is 0 Å². The Morgan fingerprint density at radius 2 is 2.33 bits per heavy atom. The highest BCUT2D eigenvalue weighted by Gasteiger charge is 2.18. The van der Waals surface area contributed by atoms with Gasteiger partial charge in [-0.05, 0) is 19.4 Å². The van der Waals surface area contributed by atoms with Gasteiger partial charge in [0.1, 0.15) is 5.76 Å². The van der Waals surface area contributed by atoms with E-state index < -0.39 is 0 Å². The minimum atomic E-state index is -0.0882. The standard InChI is InChI=1S/C11H16BrNO2/c1-4-10(12)11(14)13(3)7-9-5-6-15-8(9)2/h5-6,10H,4,7H2,1-3H3. The molecular weight excluding hydrogens is 258 g/mol. The van der Waals surface area contributed by atoms with Gasteiger partial charge in [0.05, 0.1) is 11.1 Å². The molecule has 15 heavy (non-hydrogen) atoms. The lowest BCUT2D eigenvalue weighted by atomic mass is 10.2. The molecule has 0 spiro atoms. The molecule has 1 aromatic heterocycles. The summed E-state index contributed by atoms with van der Waals surface area (Å²) >= 11 is 3.35. The van der Waals surface area contributed by atoms with Crippen LogP contribution in [0.4, 0.5) is 0 Å². The molecule has 1 aromatic rings. The summed E-state index contributed by atoms with van der Waals surface area (Å²) in [7, 11) is 1.80. The van der Waals surface area contributed by atoms with Gasteiger partial charge in [-0.3, -0.25) is 4.79 Å². The van der Waals surface area contributed by atoms with E-state index in [-0.39, 0.29) is 10.7 Å². The Morgan fingerprint density at radius 3 is 2.80 bits per heavy atom. The summed E-state index contributed by atoms with van der Waals surface area (Å²) in [6, 6.07) is 1.90. The maximum absolute atomic E-state index is 11.8. The van der Waals surface area contributed by atoms with E-state index in [0.717, 1.165) is 17.7 Å². The van der Waals surface area contributed by atoms with Gasteiger partial charge in [0.2, 0.25) is 5.91 Å². The third-order valence-corrected chi connectivity index (χ3v) is 3.42. The van der Waals surface area contributed by atoms with Crippen molar-refractivity contribution < 1.29 is 9.21 Å². The van der Waals surface area contributed by atoms with E-state index in [4.69, 9.17) is 4.42 Å². The van der Waals surface area contributed by atoms with Crippen LogP contribution in [0.2, 0.25) is 0 Å². The number of aryl methyl sites for hydroxylation is 1. The van der Waals surface area contributed by atoms with Crippen LogP contribution >= 0.6 is 15.9 Å². The highest BCUT2D eigenvalue weighted by Crippen LogP contribution is 2.14. The van der Waals surface area contributed by atoms with Crippen LogP contribution in [0.15, 0.2) is 16.7 Å². The van der Waals surface area contributed by atoms with Crippen molar-refractivity contribution in [2.24, 2.45) is 0 Å². The van der Waals surface area contributed by atoms with Crippen molar-refractivity contribution >= 4 is 21.8 Å². The quantitative estimate of drug-likeness (QED) is 0.791. The fraction of sp³-hybridized carbons (Fsp3) is 0.545. The average Bonchev–Trinajstić information content (AvgIpc) is 2.62. The molecule has 0 aromatic carbocycles. The van der Waals surface area contributed by atoms with Crippen LogP contribution in [-0.4, -0.2) is 22.7 Å². The molecule has 0 saturated carbocycles. The van der Waals surface area contributed by atoms with Crippen LogP contribution in [0, 0.1) is 6.92 Å². The van der Waals surface area contributed by atoms with Gasteiger partial charge in [-0.25, -0.2) is 0 Å². The summed E-state index contributed by atoms with van der Waals surface area (Å²) < 4.78 is 5.18. The Balaban J connectivity index is 2.60. The molecule has 1 unspecified atom stereocenters. The fourth-order valence-electron chi connectivity index (χ4n) is 1.32. The predicted molar refractivity (Wildman–Crippen MR) is 62.9 cm³/mol. The Hall–Kier alpha value is -0.770. The molecule has 0 aliphatic heterocycles. The summed E-state index contributed by atoms with van der Waals surface area (Å²) in [6.45, 7) is 4.48. The normalized spacial score (nSPS) is 12.5. The number of hydrogen-bond acceptors (Lipinski definition) is 2. The number of furan rings is 1. The van der Waals surface area contributed by atoms with Crippen molar-refractivity contribution in [2.75, 3.05) is 7.05 Å². The Kier molecular flexibility index (Phi) is 4.39. The van der Waals surface area contributed by atoms with E-state index in [9.17, 15) is 4.79 Å². The molecule has 3 nitrogen and oxygen atoms in total. The maximum atomic E-state index is 11.8. The zero-order valence-electron chi connectivity index (χ0n) is 9.29. The second kappa shape index (κ2) is 5.35. The maximum Gasteiger partial charge on any atom is 0.236 e. The topological polar surface area (TPSA) is 33.5 Å². The molecule has 1 rings (SSSR count). The van der Waals surface area contributed by atoms with E-state index in [1.165, 1.54) is 0 Å². The number of carbonyl (C=O) groups is 1. The number of rotatable bonds is 4. The Morgan fingerprint density at radius 1 is 1.67 bits per heavy atom. The zero-order chi connectivity index (χ0) is 11.4. The number of amides is 1. The number of halogens is 1. The van der Waals surface area contributed by atoms with Crippen LogP contribution in [-0.2, 0) is 11.3 Å². The van der Waals surface area contributed by atoms with E-state index in [1.807, 2.05) is 19.9 Å². The van der Waals surface area contributed by atoms with E-state index in [0.29, 0.717) is 6.54 Å². The van der Waals surface area contributed by atoms with Crippen LogP contribution in [0.25, 0.3) is 0 Å². The average molecular weight is 274 g/mol. The first-order chi connectivity index (χ1) is 7.06. The molecule has 0 aliphatic rings. The summed E-state index contributed by atoms with van der Waals surface area (Å²) in [4.78, 5) is 13.4. The second-order valence-corrected chi connectivity index (χ2v) is 4.68. The van der Waals surface area contributed by atoms with Gasteiger partial charge in [0, 0.05) is 19.2 Å². The van der Waals surface area contributed by atoms with Gasteiger partial charge >= 0.3 is 0 Å². The monoisotopic (exact) mass is 273 g/mol. The van der Waals surface area contributed by atoms with E-state index >= 15 is 0 Å². The minimum absolute atomic E-state index is 0.0882. The Bertz CT molecular complexity index is 335. The predicted octanol–water partition coefficient (Wildman–Crippen LogP) is 2.72. The number of alkyl halides is 1. The highest BCUT2D eigenvalue weighted by atomic mass is 79.9. The van der Waals surface area contributed by atoms with Crippen molar-refractivity contribution in [2.45, 2.75) is 31.6 Å². The third-order valence-electron chi connectivity index (χ3n) is 2.38. The lowest BCUT2D eigenvalue weighted by Gasteiger charge is -2.19. The molecule has 0 saturated heterocycles. The van der Waals surface area contributed by atoms with Crippen molar-refractivity contribution in [1.82, 2.24) is 4.90 Å². The molecule has 0 N–H and O–H groups in total. The molecular formula is C11H16BrNO2. The van der Waals surface area contributed by atoms with Crippen LogP contribution < -0.4 is 0 Å². The summed E-state index contributed by atoms with van der Waals surface area (Å²) in [5, 5.41) is 0. The molecule has 0 aliphatic carbocycles. The third kappa shape index (κ3) is 3.09. The SMILES string of the molecule is CCC(Br)C(=O)N(C)Cc1ccoc1C. The fourth-order valence-corrected chi connectivity index (χ4v) is 1.67. The number of nitrogens with zero attached hydrogens (tertiary/aromatic N) is 1. The summed E-state index contributed by atoms with van der Waals surface area (Å²) in [6.07, 6.45) is 2.45. The van der Waals surface area contributed by atoms with E-state index in [2.05, 4.69) is 15.9 Å². The minimum Gasteiger partial charge on any atom is -0.469 e. The smallest absolute Gasteiger partial charge is 0.236 e. The zero-order valence-corrected chi connectivity index (χ0v) is 10.9. The van der Waals surface area contributed by atoms with Gasteiger partial charge in [-0.1, -0.05) is 22.9 Å². The van der Waals surface area contributed by atoms with Crippen LogP contribution in [0.5, 0.6) is 0 Å². The molecule has 1 amide bonds. The molecule has 1 heterocycles. The van der Waals surface area contributed by atoms with Crippen molar-refractivity contribution in [1.29, 1.82) is 0 Å². The largest absolute Gasteiger partial charge is 0.469 e. The summed E-state index contributed by atoms with van der Waals surface area (Å²) in [5.74, 6) is 0.982. The molecule has 0 fully saturated rings. The van der Waals surface area contributed by atoms with Gasteiger partial charge in [-0.15, -0.1) is 0 Å². The lowest BCUT2D eigenvalue weighted by molar-refractivity contribution is -0.129. The van der Waals surface area contributed by atoms with Gasteiger partial charge < -0.3 is 9.32 Å². The number of carbonyl (C=O) groups excluding carboxylic acids is 1. The van der Waals surface area contributed by atoms with Gasteiger partial charge in [0.15, 0.2) is 0 Å². The first-order valence-electron chi connectivity index (χ1n) is 4.98. The van der Waals surface area contributed by atoms with E-state index in [1.54, 1.807) is 18.2 Å². The Labute approximate surface area is 98.6 Å². The summed E-state index contributed by atoms with van der Waals surface area (Å²) in [5.41, 5.74) is 1.06. The number of hydrogen-bond donors (Lipinski definition) is 0. The molecule has 1 atom stereocenters. The molecule has 4 heteroatoms. The first kappa shape index (κ1) is 12.3. The van der Waals surface area contributed by atoms with Crippen LogP contribution in [0.3, 0.4) is 0 Å². The van der Waals surface area contributed by atoms with Crippen molar-refractivity contribution in [3.8, 4) is 0 Å². The lowest BCUT2D eigenvalue weighted by Crippen LogP contribution is -2.32. The van der Waals surface area contributed by atoms with Crippen molar-refractivity contribution in [3.63, 3.8) is 0 Å².